The predicted molar refractivity (Wildman–Crippen MR) is 74.3 cm³/mol. The summed E-state index contributed by atoms with van der Waals surface area (Å²) in [6, 6.07) is 7.41. The molecule has 0 aliphatic heterocycles. The van der Waals surface area contributed by atoms with Gasteiger partial charge in [-0.1, -0.05) is 39.0 Å². The van der Waals surface area contributed by atoms with Crippen molar-refractivity contribution < 1.29 is 0 Å². The summed E-state index contributed by atoms with van der Waals surface area (Å²) >= 11 is 0. The second kappa shape index (κ2) is 4.45. The third-order valence-electron chi connectivity index (χ3n) is 4.00. The summed E-state index contributed by atoms with van der Waals surface area (Å²) in [4.78, 5) is 0. The fourth-order valence-electron chi connectivity index (χ4n) is 2.62. The van der Waals surface area contributed by atoms with Crippen LogP contribution in [0.3, 0.4) is 0 Å². The molecule has 1 saturated carbocycles. The first-order chi connectivity index (χ1) is 7.86. The molecule has 0 atom stereocenters. The Morgan fingerprint density at radius 1 is 1.24 bits per heavy atom. The van der Waals surface area contributed by atoms with Gasteiger partial charge in [0.05, 0.1) is 0 Å². The summed E-state index contributed by atoms with van der Waals surface area (Å²) in [6.07, 6.45) is 3.63. The number of rotatable bonds is 2. The first kappa shape index (κ1) is 12.6. The SMILES string of the molecule is Cc1ccc(C(C)(C)C)cc1CC1CC(N)C1. The lowest BCUT2D eigenvalue weighted by Gasteiger charge is -2.33. The van der Waals surface area contributed by atoms with E-state index in [1.165, 1.54) is 36.0 Å². The van der Waals surface area contributed by atoms with Crippen LogP contribution >= 0.6 is 0 Å². The molecule has 1 aromatic carbocycles. The zero-order chi connectivity index (χ0) is 12.6. The molecule has 0 radical (unpaired) electrons. The number of hydrogen-bond donors (Lipinski definition) is 1. The molecule has 17 heavy (non-hydrogen) atoms. The topological polar surface area (TPSA) is 26.0 Å². The van der Waals surface area contributed by atoms with Crippen molar-refractivity contribution in [2.24, 2.45) is 11.7 Å². The minimum atomic E-state index is 0.248. The van der Waals surface area contributed by atoms with E-state index in [4.69, 9.17) is 5.73 Å². The Hall–Kier alpha value is -0.820. The van der Waals surface area contributed by atoms with Crippen LogP contribution in [0, 0.1) is 12.8 Å². The van der Waals surface area contributed by atoms with Crippen molar-refractivity contribution in [1.82, 2.24) is 0 Å². The van der Waals surface area contributed by atoms with E-state index in [-0.39, 0.29) is 5.41 Å². The molecule has 1 aromatic rings. The van der Waals surface area contributed by atoms with Crippen LogP contribution < -0.4 is 5.73 Å². The Morgan fingerprint density at radius 3 is 2.41 bits per heavy atom. The molecule has 1 heteroatoms. The minimum Gasteiger partial charge on any atom is -0.328 e. The Kier molecular flexibility index (Phi) is 3.31. The quantitative estimate of drug-likeness (QED) is 0.827. The van der Waals surface area contributed by atoms with Gasteiger partial charge in [-0.05, 0) is 54.2 Å². The summed E-state index contributed by atoms with van der Waals surface area (Å²) in [5.41, 5.74) is 10.5. The lowest BCUT2D eigenvalue weighted by molar-refractivity contribution is 0.264. The van der Waals surface area contributed by atoms with Gasteiger partial charge in [0.15, 0.2) is 0 Å². The fourth-order valence-corrected chi connectivity index (χ4v) is 2.62. The van der Waals surface area contributed by atoms with Gasteiger partial charge >= 0.3 is 0 Å². The van der Waals surface area contributed by atoms with Crippen LogP contribution in [0.4, 0.5) is 0 Å². The number of aryl methyl sites for hydroxylation is 1. The molecule has 0 heterocycles. The summed E-state index contributed by atoms with van der Waals surface area (Å²) in [7, 11) is 0. The van der Waals surface area contributed by atoms with Gasteiger partial charge < -0.3 is 5.73 Å². The van der Waals surface area contributed by atoms with E-state index >= 15 is 0 Å². The van der Waals surface area contributed by atoms with E-state index in [1.54, 1.807) is 0 Å². The number of hydrogen-bond acceptors (Lipinski definition) is 1. The highest BCUT2D eigenvalue weighted by Gasteiger charge is 2.26. The van der Waals surface area contributed by atoms with Crippen LogP contribution in [-0.2, 0) is 11.8 Å². The van der Waals surface area contributed by atoms with Gasteiger partial charge in [-0.15, -0.1) is 0 Å². The second-order valence-electron chi connectivity index (χ2n) is 6.69. The average Bonchev–Trinajstić information content (AvgIpc) is 2.17. The van der Waals surface area contributed by atoms with Gasteiger partial charge in [-0.2, -0.15) is 0 Å². The molecule has 2 rings (SSSR count). The van der Waals surface area contributed by atoms with Crippen LogP contribution in [0.5, 0.6) is 0 Å². The molecule has 0 aromatic heterocycles. The Morgan fingerprint density at radius 2 is 1.88 bits per heavy atom. The molecular formula is C16H25N. The molecule has 0 saturated heterocycles. The smallest absolute Gasteiger partial charge is 0.00443 e. The molecule has 2 N–H and O–H groups in total. The monoisotopic (exact) mass is 231 g/mol. The normalized spacial score (nSPS) is 24.5. The Balaban J connectivity index is 2.15. The van der Waals surface area contributed by atoms with E-state index in [2.05, 4.69) is 45.9 Å². The number of benzene rings is 1. The molecular weight excluding hydrogens is 206 g/mol. The van der Waals surface area contributed by atoms with E-state index < -0.39 is 0 Å². The second-order valence-corrected chi connectivity index (χ2v) is 6.69. The molecule has 0 amide bonds. The minimum absolute atomic E-state index is 0.248. The maximum atomic E-state index is 5.86. The summed E-state index contributed by atoms with van der Waals surface area (Å²) in [5, 5.41) is 0. The molecule has 0 unspecified atom stereocenters. The molecule has 94 valence electrons. The van der Waals surface area contributed by atoms with Gasteiger partial charge in [0.1, 0.15) is 0 Å². The van der Waals surface area contributed by atoms with Crippen LogP contribution in [0.15, 0.2) is 18.2 Å². The van der Waals surface area contributed by atoms with Gasteiger partial charge in [-0.3, -0.25) is 0 Å². The molecule has 0 bridgehead atoms. The molecule has 1 fully saturated rings. The lowest BCUT2D eigenvalue weighted by Crippen LogP contribution is -2.37. The van der Waals surface area contributed by atoms with Crippen LogP contribution in [0.2, 0.25) is 0 Å². The van der Waals surface area contributed by atoms with Gasteiger partial charge in [0.2, 0.25) is 0 Å². The zero-order valence-corrected chi connectivity index (χ0v) is 11.6. The van der Waals surface area contributed by atoms with Crippen LogP contribution in [-0.4, -0.2) is 6.04 Å². The van der Waals surface area contributed by atoms with Crippen molar-refractivity contribution >= 4 is 0 Å². The zero-order valence-electron chi connectivity index (χ0n) is 11.6. The van der Waals surface area contributed by atoms with Crippen molar-refractivity contribution in [3.8, 4) is 0 Å². The van der Waals surface area contributed by atoms with Crippen molar-refractivity contribution in [3.05, 3.63) is 34.9 Å². The van der Waals surface area contributed by atoms with E-state index in [0.717, 1.165) is 5.92 Å². The highest BCUT2D eigenvalue weighted by molar-refractivity contribution is 5.35. The van der Waals surface area contributed by atoms with Gasteiger partial charge in [-0.25, -0.2) is 0 Å². The highest BCUT2D eigenvalue weighted by Crippen LogP contribution is 2.32. The van der Waals surface area contributed by atoms with Gasteiger partial charge in [0, 0.05) is 6.04 Å². The van der Waals surface area contributed by atoms with Crippen molar-refractivity contribution in [1.29, 1.82) is 0 Å². The average molecular weight is 231 g/mol. The summed E-state index contributed by atoms with van der Waals surface area (Å²) in [5.74, 6) is 0.818. The Bertz CT molecular complexity index is 394. The number of nitrogens with two attached hydrogens (primary N) is 1. The van der Waals surface area contributed by atoms with Crippen molar-refractivity contribution in [3.63, 3.8) is 0 Å². The maximum Gasteiger partial charge on any atom is 0.00443 e. The van der Waals surface area contributed by atoms with E-state index in [9.17, 15) is 0 Å². The predicted octanol–water partition coefficient (Wildman–Crippen LogP) is 3.57. The largest absolute Gasteiger partial charge is 0.328 e. The van der Waals surface area contributed by atoms with Crippen LogP contribution in [0.1, 0.15) is 50.3 Å². The first-order valence-electron chi connectivity index (χ1n) is 6.72. The van der Waals surface area contributed by atoms with E-state index in [0.29, 0.717) is 6.04 Å². The third kappa shape index (κ3) is 2.90. The Labute approximate surface area is 105 Å². The molecule has 1 nitrogen and oxygen atoms in total. The van der Waals surface area contributed by atoms with Crippen LogP contribution in [0.25, 0.3) is 0 Å². The lowest BCUT2D eigenvalue weighted by atomic mass is 9.75. The fraction of sp³-hybridized carbons (Fsp3) is 0.625. The molecule has 0 spiro atoms. The van der Waals surface area contributed by atoms with E-state index in [1.807, 2.05) is 0 Å². The first-order valence-corrected chi connectivity index (χ1v) is 6.72. The van der Waals surface area contributed by atoms with Crippen molar-refractivity contribution in [2.45, 2.75) is 58.4 Å². The third-order valence-corrected chi connectivity index (χ3v) is 4.00. The standard InChI is InChI=1S/C16H25N/c1-11-5-6-14(16(2,3)4)10-13(11)7-12-8-15(17)9-12/h5-6,10,12,15H,7-9,17H2,1-4H3. The highest BCUT2D eigenvalue weighted by atomic mass is 14.7. The maximum absolute atomic E-state index is 5.86. The summed E-state index contributed by atoms with van der Waals surface area (Å²) in [6.45, 7) is 9.06. The molecule has 1 aliphatic carbocycles. The summed E-state index contributed by atoms with van der Waals surface area (Å²) < 4.78 is 0. The van der Waals surface area contributed by atoms with Crippen molar-refractivity contribution in [2.75, 3.05) is 0 Å². The molecule has 1 aliphatic rings. The van der Waals surface area contributed by atoms with Gasteiger partial charge in [0.25, 0.3) is 0 Å².